The van der Waals surface area contributed by atoms with E-state index in [1.807, 2.05) is 0 Å². The number of phenols is 1. The lowest BCUT2D eigenvalue weighted by molar-refractivity contribution is 0.0728. The molecule has 0 heterocycles. The molecule has 0 aromatic heterocycles. The van der Waals surface area contributed by atoms with Crippen molar-refractivity contribution in [3.05, 3.63) is 93.5 Å². The van der Waals surface area contributed by atoms with Gasteiger partial charge in [-0.05, 0) is 36.4 Å². The average molecular weight is 379 g/mol. The summed E-state index contributed by atoms with van der Waals surface area (Å²) in [5.41, 5.74) is 0.610. The van der Waals surface area contributed by atoms with E-state index < -0.39 is 17.5 Å². The Bertz CT molecular complexity index is 1120. The summed E-state index contributed by atoms with van der Waals surface area (Å²) >= 11 is 5.79. The largest absolute Gasteiger partial charge is 0.504 e. The Kier molecular flexibility index (Phi) is 4.01. The Balaban J connectivity index is 1.74. The van der Waals surface area contributed by atoms with Gasteiger partial charge in [0, 0.05) is 21.7 Å². The highest BCUT2D eigenvalue weighted by atomic mass is 35.5. The Morgan fingerprint density at radius 1 is 0.815 bits per heavy atom. The summed E-state index contributed by atoms with van der Waals surface area (Å²) in [6.45, 7) is 0. The third kappa shape index (κ3) is 2.78. The number of esters is 1. The number of aromatic hydroxyl groups is 1. The summed E-state index contributed by atoms with van der Waals surface area (Å²) in [6.07, 6.45) is 0. The Hall–Kier alpha value is -3.44. The van der Waals surface area contributed by atoms with Crippen LogP contribution in [0.4, 0.5) is 0 Å². The second-order valence-corrected chi connectivity index (χ2v) is 6.37. The van der Waals surface area contributed by atoms with Crippen LogP contribution < -0.4 is 4.74 Å². The van der Waals surface area contributed by atoms with Gasteiger partial charge in [0.25, 0.3) is 0 Å². The molecule has 4 rings (SSSR count). The number of halogens is 1. The molecule has 5 nitrogen and oxygen atoms in total. The Morgan fingerprint density at radius 3 is 2.11 bits per heavy atom. The molecule has 0 amide bonds. The monoisotopic (exact) mass is 378 g/mol. The van der Waals surface area contributed by atoms with E-state index in [1.165, 1.54) is 42.5 Å². The molecule has 6 heteroatoms. The van der Waals surface area contributed by atoms with Crippen LogP contribution in [0.5, 0.6) is 11.5 Å². The van der Waals surface area contributed by atoms with Crippen molar-refractivity contribution < 1.29 is 24.2 Å². The SMILES string of the molecule is O=C(Oc1ccc2c(c1O)C(=O)c1ccccc1C2=O)c1ccc(Cl)cc1. The molecule has 0 spiro atoms. The molecule has 0 radical (unpaired) electrons. The number of fused-ring (bicyclic) bond motifs is 2. The number of carbonyl (C=O) groups excluding carboxylic acids is 3. The van der Waals surface area contributed by atoms with E-state index >= 15 is 0 Å². The molecule has 0 unspecified atom stereocenters. The number of benzene rings is 3. The van der Waals surface area contributed by atoms with Gasteiger partial charge in [-0.15, -0.1) is 0 Å². The van der Waals surface area contributed by atoms with E-state index in [4.69, 9.17) is 16.3 Å². The predicted molar refractivity (Wildman–Crippen MR) is 97.8 cm³/mol. The van der Waals surface area contributed by atoms with Gasteiger partial charge in [0.2, 0.25) is 0 Å². The zero-order valence-corrected chi connectivity index (χ0v) is 14.5. The third-order valence-corrected chi connectivity index (χ3v) is 4.56. The molecule has 1 N–H and O–H groups in total. The van der Waals surface area contributed by atoms with E-state index in [0.29, 0.717) is 5.02 Å². The van der Waals surface area contributed by atoms with Gasteiger partial charge < -0.3 is 9.84 Å². The average Bonchev–Trinajstić information content (AvgIpc) is 2.68. The fourth-order valence-corrected chi connectivity index (χ4v) is 3.10. The number of phenolic OH excluding ortho intramolecular Hbond substituents is 1. The highest BCUT2D eigenvalue weighted by Crippen LogP contribution is 2.38. The van der Waals surface area contributed by atoms with Crippen molar-refractivity contribution in [3.8, 4) is 11.5 Å². The summed E-state index contributed by atoms with van der Waals surface area (Å²) in [4.78, 5) is 37.6. The molecule has 132 valence electrons. The van der Waals surface area contributed by atoms with Crippen molar-refractivity contribution in [1.29, 1.82) is 0 Å². The summed E-state index contributed by atoms with van der Waals surface area (Å²) in [6, 6.07) is 15.1. The second kappa shape index (κ2) is 6.37. The minimum Gasteiger partial charge on any atom is -0.504 e. The van der Waals surface area contributed by atoms with Crippen LogP contribution in [0.15, 0.2) is 60.7 Å². The summed E-state index contributed by atoms with van der Waals surface area (Å²) in [7, 11) is 0. The molecule has 27 heavy (non-hydrogen) atoms. The van der Waals surface area contributed by atoms with Gasteiger partial charge in [0.1, 0.15) is 0 Å². The molecule has 1 aliphatic carbocycles. The highest BCUT2D eigenvalue weighted by molar-refractivity contribution is 6.30. The zero-order chi connectivity index (χ0) is 19.1. The molecule has 0 aliphatic heterocycles. The maximum Gasteiger partial charge on any atom is 0.343 e. The molecule has 0 saturated carbocycles. The lowest BCUT2D eigenvalue weighted by Gasteiger charge is -2.19. The molecule has 0 atom stereocenters. The molecule has 0 bridgehead atoms. The smallest absolute Gasteiger partial charge is 0.343 e. The van der Waals surface area contributed by atoms with Crippen molar-refractivity contribution in [2.24, 2.45) is 0 Å². The lowest BCUT2D eigenvalue weighted by atomic mass is 9.83. The summed E-state index contributed by atoms with van der Waals surface area (Å²) in [5.74, 6) is -2.33. The number of hydrogen-bond donors (Lipinski definition) is 1. The maximum atomic E-state index is 12.8. The minimum atomic E-state index is -0.725. The van der Waals surface area contributed by atoms with Crippen LogP contribution in [0, 0.1) is 0 Å². The topological polar surface area (TPSA) is 80.7 Å². The van der Waals surface area contributed by atoms with Crippen LogP contribution in [0.2, 0.25) is 5.02 Å². The van der Waals surface area contributed by atoms with Crippen molar-refractivity contribution in [1.82, 2.24) is 0 Å². The van der Waals surface area contributed by atoms with Gasteiger partial charge in [0.15, 0.2) is 23.1 Å². The number of carbonyl (C=O) groups is 3. The van der Waals surface area contributed by atoms with Crippen LogP contribution in [0.25, 0.3) is 0 Å². The lowest BCUT2D eigenvalue weighted by Crippen LogP contribution is -2.21. The normalized spacial score (nSPS) is 12.3. The fraction of sp³-hybridized carbons (Fsp3) is 0. The Morgan fingerprint density at radius 2 is 1.44 bits per heavy atom. The van der Waals surface area contributed by atoms with E-state index in [-0.39, 0.29) is 39.4 Å². The molecule has 3 aromatic carbocycles. The predicted octanol–water partition coefficient (Wildman–Crippen LogP) is 4.04. The second-order valence-electron chi connectivity index (χ2n) is 5.94. The van der Waals surface area contributed by atoms with E-state index in [0.717, 1.165) is 0 Å². The van der Waals surface area contributed by atoms with Gasteiger partial charge in [-0.25, -0.2) is 4.79 Å². The van der Waals surface area contributed by atoms with Crippen molar-refractivity contribution in [2.75, 3.05) is 0 Å². The number of ether oxygens (including phenoxy) is 1. The molecular weight excluding hydrogens is 368 g/mol. The first-order valence-corrected chi connectivity index (χ1v) is 8.37. The fourth-order valence-electron chi connectivity index (χ4n) is 2.98. The summed E-state index contributed by atoms with van der Waals surface area (Å²) in [5, 5.41) is 11.0. The van der Waals surface area contributed by atoms with Crippen LogP contribution in [0.1, 0.15) is 42.2 Å². The van der Waals surface area contributed by atoms with E-state index in [9.17, 15) is 19.5 Å². The van der Waals surface area contributed by atoms with Crippen LogP contribution in [-0.4, -0.2) is 22.6 Å². The van der Waals surface area contributed by atoms with Crippen molar-refractivity contribution in [3.63, 3.8) is 0 Å². The van der Waals surface area contributed by atoms with Crippen molar-refractivity contribution in [2.45, 2.75) is 0 Å². The van der Waals surface area contributed by atoms with E-state index in [1.54, 1.807) is 18.2 Å². The maximum absolute atomic E-state index is 12.8. The van der Waals surface area contributed by atoms with Gasteiger partial charge >= 0.3 is 5.97 Å². The number of rotatable bonds is 2. The van der Waals surface area contributed by atoms with Gasteiger partial charge in [-0.3, -0.25) is 9.59 Å². The first-order valence-electron chi connectivity index (χ1n) is 7.99. The van der Waals surface area contributed by atoms with Gasteiger partial charge in [0.05, 0.1) is 11.1 Å². The van der Waals surface area contributed by atoms with Crippen LogP contribution in [0.3, 0.4) is 0 Å². The molecule has 1 aliphatic rings. The van der Waals surface area contributed by atoms with E-state index in [2.05, 4.69) is 0 Å². The minimum absolute atomic E-state index is 0.0718. The van der Waals surface area contributed by atoms with Gasteiger partial charge in [-0.1, -0.05) is 35.9 Å². The highest BCUT2D eigenvalue weighted by Gasteiger charge is 2.33. The number of hydrogen-bond acceptors (Lipinski definition) is 5. The third-order valence-electron chi connectivity index (χ3n) is 4.31. The molecule has 0 fully saturated rings. The first kappa shape index (κ1) is 17.0. The Labute approximate surface area is 158 Å². The van der Waals surface area contributed by atoms with Crippen LogP contribution >= 0.6 is 11.6 Å². The molecule has 3 aromatic rings. The zero-order valence-electron chi connectivity index (χ0n) is 13.7. The van der Waals surface area contributed by atoms with Crippen LogP contribution in [-0.2, 0) is 0 Å². The number of ketones is 2. The summed E-state index contributed by atoms with van der Waals surface area (Å²) < 4.78 is 5.21. The quantitative estimate of drug-likeness (QED) is 0.420. The standard InChI is InChI=1S/C21H11ClO5/c22-12-7-5-11(6-8-12)21(26)27-16-10-9-15-17(20(16)25)19(24)14-4-2-1-3-13(14)18(15)23/h1-10,25H. The van der Waals surface area contributed by atoms with Gasteiger partial charge in [-0.2, -0.15) is 0 Å². The molecular formula is C21H11ClO5. The first-order chi connectivity index (χ1) is 13.0. The molecule has 0 saturated heterocycles. The van der Waals surface area contributed by atoms with Crippen molar-refractivity contribution >= 4 is 29.1 Å².